The summed E-state index contributed by atoms with van der Waals surface area (Å²) in [5.41, 5.74) is 1.32. The van der Waals surface area contributed by atoms with Crippen LogP contribution in [0.3, 0.4) is 0 Å². The molecule has 22 heavy (non-hydrogen) atoms. The molecular weight excluding hydrogens is 287 g/mol. The Morgan fingerprint density at radius 2 is 2.09 bits per heavy atom. The van der Waals surface area contributed by atoms with Gasteiger partial charge in [-0.2, -0.15) is 0 Å². The number of fused-ring (bicyclic) bond motifs is 1. The number of hydrogen-bond donors (Lipinski definition) is 1. The lowest BCUT2D eigenvalue weighted by atomic mass is 10.1. The maximum absolute atomic E-state index is 13.7. The van der Waals surface area contributed by atoms with E-state index < -0.39 is 11.7 Å². The molecule has 1 heterocycles. The van der Waals surface area contributed by atoms with Crippen LogP contribution in [0.25, 0.3) is 11.0 Å². The Kier molecular flexibility index (Phi) is 3.50. The number of hydrogen-bond acceptors (Lipinski definition) is 4. The molecule has 3 rings (SSSR count). The highest BCUT2D eigenvalue weighted by molar-refractivity contribution is 6.11. The Bertz CT molecular complexity index is 858. The standard InChI is InChI=1S/C16H13FN2O3/c1-9-7-14(21-2)12(8-11(9)17)18-16(20)15-10-5-3-4-6-13(10)22-19-15/h3-8H,1-2H3,(H,18,20). The second kappa shape index (κ2) is 5.48. The summed E-state index contributed by atoms with van der Waals surface area (Å²) < 4.78 is 24.0. The Labute approximate surface area is 125 Å². The minimum atomic E-state index is -0.494. The number of methoxy groups -OCH3 is 1. The van der Waals surface area contributed by atoms with Crippen LogP contribution < -0.4 is 10.1 Å². The number of aromatic nitrogens is 1. The highest BCUT2D eigenvalue weighted by Crippen LogP contribution is 2.28. The molecule has 6 heteroatoms. The average molecular weight is 300 g/mol. The first-order valence-electron chi connectivity index (χ1n) is 6.60. The third kappa shape index (κ3) is 2.39. The fourth-order valence-electron chi connectivity index (χ4n) is 2.15. The molecular formula is C16H13FN2O3. The van der Waals surface area contributed by atoms with Gasteiger partial charge >= 0.3 is 0 Å². The summed E-state index contributed by atoms with van der Waals surface area (Å²) in [4.78, 5) is 12.3. The number of carbonyl (C=O) groups is 1. The van der Waals surface area contributed by atoms with Gasteiger partial charge in [-0.3, -0.25) is 4.79 Å². The fourth-order valence-corrected chi connectivity index (χ4v) is 2.15. The molecule has 0 bridgehead atoms. The molecule has 0 radical (unpaired) electrons. The van der Waals surface area contributed by atoms with Gasteiger partial charge in [0.2, 0.25) is 0 Å². The minimum absolute atomic E-state index is 0.138. The molecule has 1 N–H and O–H groups in total. The Balaban J connectivity index is 1.96. The predicted molar refractivity (Wildman–Crippen MR) is 79.7 cm³/mol. The summed E-state index contributed by atoms with van der Waals surface area (Å²) in [6.45, 7) is 1.62. The molecule has 3 aromatic rings. The number of aryl methyl sites for hydroxylation is 1. The number of rotatable bonds is 3. The molecule has 2 aromatic carbocycles. The van der Waals surface area contributed by atoms with Crippen molar-refractivity contribution in [1.29, 1.82) is 0 Å². The van der Waals surface area contributed by atoms with Crippen LogP contribution in [0.1, 0.15) is 16.1 Å². The maximum atomic E-state index is 13.7. The predicted octanol–water partition coefficient (Wildman–Crippen LogP) is 3.54. The summed E-state index contributed by atoms with van der Waals surface area (Å²) >= 11 is 0. The molecule has 0 fully saturated rings. The molecule has 1 amide bonds. The average Bonchev–Trinajstić information content (AvgIpc) is 2.94. The zero-order valence-electron chi connectivity index (χ0n) is 12.0. The van der Waals surface area contributed by atoms with Gasteiger partial charge in [0.05, 0.1) is 18.2 Å². The van der Waals surface area contributed by atoms with Gasteiger partial charge in [0.25, 0.3) is 5.91 Å². The van der Waals surface area contributed by atoms with Crippen LogP contribution in [-0.2, 0) is 0 Å². The van der Waals surface area contributed by atoms with Crippen molar-refractivity contribution >= 4 is 22.6 Å². The summed E-state index contributed by atoms with van der Waals surface area (Å²) in [5, 5.41) is 6.95. The van der Waals surface area contributed by atoms with E-state index in [2.05, 4.69) is 10.5 Å². The van der Waals surface area contributed by atoms with E-state index in [-0.39, 0.29) is 11.4 Å². The number of amides is 1. The van der Waals surface area contributed by atoms with Gasteiger partial charge < -0.3 is 14.6 Å². The van der Waals surface area contributed by atoms with Crippen molar-refractivity contribution in [2.45, 2.75) is 6.92 Å². The van der Waals surface area contributed by atoms with Gasteiger partial charge in [0.1, 0.15) is 11.6 Å². The second-order valence-electron chi connectivity index (χ2n) is 4.78. The molecule has 5 nitrogen and oxygen atoms in total. The summed E-state index contributed by atoms with van der Waals surface area (Å²) in [5.74, 6) is -0.548. The number of anilines is 1. The molecule has 0 spiro atoms. The van der Waals surface area contributed by atoms with Gasteiger partial charge in [0, 0.05) is 6.07 Å². The third-order valence-electron chi connectivity index (χ3n) is 3.32. The fraction of sp³-hybridized carbons (Fsp3) is 0.125. The highest BCUT2D eigenvalue weighted by atomic mass is 19.1. The number of ether oxygens (including phenoxy) is 1. The first-order valence-corrected chi connectivity index (χ1v) is 6.60. The molecule has 112 valence electrons. The van der Waals surface area contributed by atoms with Gasteiger partial charge in [0.15, 0.2) is 11.3 Å². The van der Waals surface area contributed by atoms with E-state index in [1.165, 1.54) is 19.2 Å². The van der Waals surface area contributed by atoms with Crippen molar-refractivity contribution in [3.63, 3.8) is 0 Å². The molecule has 0 aliphatic rings. The summed E-state index contributed by atoms with van der Waals surface area (Å²) in [7, 11) is 1.45. The summed E-state index contributed by atoms with van der Waals surface area (Å²) in [6.07, 6.45) is 0. The van der Waals surface area contributed by atoms with E-state index in [0.29, 0.717) is 22.3 Å². The topological polar surface area (TPSA) is 64.4 Å². The molecule has 0 unspecified atom stereocenters. The number of carbonyl (C=O) groups excluding carboxylic acids is 1. The number of halogens is 1. The molecule has 0 aliphatic carbocycles. The quantitative estimate of drug-likeness (QED) is 0.803. The lowest BCUT2D eigenvalue weighted by molar-refractivity contribution is 0.101. The SMILES string of the molecule is COc1cc(C)c(F)cc1NC(=O)c1noc2ccccc12. The number of nitrogens with one attached hydrogen (secondary N) is 1. The number of benzene rings is 2. The van der Waals surface area contributed by atoms with Crippen LogP contribution in [0.15, 0.2) is 40.9 Å². The van der Waals surface area contributed by atoms with Crippen molar-refractivity contribution in [1.82, 2.24) is 5.16 Å². The van der Waals surface area contributed by atoms with Crippen molar-refractivity contribution in [2.24, 2.45) is 0 Å². The van der Waals surface area contributed by atoms with Crippen LogP contribution in [0, 0.1) is 12.7 Å². The molecule has 0 saturated carbocycles. The van der Waals surface area contributed by atoms with Crippen LogP contribution in [0.5, 0.6) is 5.75 Å². The Morgan fingerprint density at radius 3 is 2.86 bits per heavy atom. The van der Waals surface area contributed by atoms with Gasteiger partial charge in [-0.1, -0.05) is 17.3 Å². The molecule has 0 atom stereocenters. The zero-order chi connectivity index (χ0) is 15.7. The molecule has 0 aliphatic heterocycles. The summed E-state index contributed by atoms with van der Waals surface area (Å²) in [6, 6.07) is 9.75. The minimum Gasteiger partial charge on any atom is -0.495 e. The van der Waals surface area contributed by atoms with E-state index in [9.17, 15) is 9.18 Å². The van der Waals surface area contributed by atoms with E-state index in [0.717, 1.165) is 0 Å². The molecule has 0 saturated heterocycles. The van der Waals surface area contributed by atoms with E-state index in [4.69, 9.17) is 9.26 Å². The van der Waals surface area contributed by atoms with E-state index in [1.807, 2.05) is 0 Å². The van der Waals surface area contributed by atoms with Gasteiger partial charge in [-0.05, 0) is 30.7 Å². The normalized spacial score (nSPS) is 10.7. The van der Waals surface area contributed by atoms with Crippen LogP contribution >= 0.6 is 0 Å². The maximum Gasteiger partial charge on any atom is 0.278 e. The smallest absolute Gasteiger partial charge is 0.278 e. The van der Waals surface area contributed by atoms with Crippen LogP contribution in [0.2, 0.25) is 0 Å². The number of para-hydroxylation sites is 1. The first-order chi connectivity index (χ1) is 10.6. The first kappa shape index (κ1) is 14.1. The lowest BCUT2D eigenvalue weighted by Crippen LogP contribution is -2.13. The third-order valence-corrected chi connectivity index (χ3v) is 3.32. The monoisotopic (exact) mass is 300 g/mol. The molecule has 1 aromatic heterocycles. The zero-order valence-corrected chi connectivity index (χ0v) is 12.0. The van der Waals surface area contributed by atoms with E-state index in [1.54, 1.807) is 31.2 Å². The Hall–Kier alpha value is -2.89. The van der Waals surface area contributed by atoms with Crippen molar-refractivity contribution in [3.8, 4) is 5.75 Å². The van der Waals surface area contributed by atoms with E-state index >= 15 is 0 Å². The Morgan fingerprint density at radius 1 is 1.32 bits per heavy atom. The van der Waals surface area contributed by atoms with Crippen molar-refractivity contribution in [3.05, 3.63) is 53.5 Å². The van der Waals surface area contributed by atoms with Crippen LogP contribution in [-0.4, -0.2) is 18.2 Å². The van der Waals surface area contributed by atoms with Crippen molar-refractivity contribution in [2.75, 3.05) is 12.4 Å². The second-order valence-corrected chi connectivity index (χ2v) is 4.78. The highest BCUT2D eigenvalue weighted by Gasteiger charge is 2.18. The largest absolute Gasteiger partial charge is 0.495 e. The number of nitrogens with zero attached hydrogens (tertiary/aromatic N) is 1. The van der Waals surface area contributed by atoms with Gasteiger partial charge in [-0.15, -0.1) is 0 Å². The van der Waals surface area contributed by atoms with Crippen molar-refractivity contribution < 1.29 is 18.4 Å². The van der Waals surface area contributed by atoms with Gasteiger partial charge in [-0.25, -0.2) is 4.39 Å². The lowest BCUT2D eigenvalue weighted by Gasteiger charge is -2.10. The van der Waals surface area contributed by atoms with Crippen LogP contribution in [0.4, 0.5) is 10.1 Å².